The Kier molecular flexibility index (Phi) is 8.68. The third-order valence-corrected chi connectivity index (χ3v) is 6.68. The summed E-state index contributed by atoms with van der Waals surface area (Å²) >= 11 is 0. The van der Waals surface area contributed by atoms with E-state index in [1.54, 1.807) is 31.1 Å². The van der Waals surface area contributed by atoms with E-state index in [0.29, 0.717) is 22.5 Å². The van der Waals surface area contributed by atoms with Gasteiger partial charge in [0.05, 0.1) is 19.0 Å². The molecule has 16 nitrogen and oxygen atoms in total. The number of phosphoric ester groups is 1. The number of carbonyl (C=O) groups is 2. The molecule has 3 aromatic rings. The van der Waals surface area contributed by atoms with Crippen LogP contribution in [0.1, 0.15) is 18.7 Å². The summed E-state index contributed by atoms with van der Waals surface area (Å²) < 4.78 is 23.4. The molecule has 0 saturated carbocycles. The first-order chi connectivity index (χ1) is 18.8. The van der Waals surface area contributed by atoms with Crippen molar-refractivity contribution in [3.05, 3.63) is 42.5 Å². The average molecular weight is 580 g/mol. The minimum absolute atomic E-state index is 0.0319. The lowest BCUT2D eigenvalue weighted by atomic mass is 10.0. The highest BCUT2D eigenvalue weighted by molar-refractivity contribution is 7.46. The molecule has 1 aliphatic rings. The Morgan fingerprint density at radius 1 is 1.20 bits per heavy atom. The van der Waals surface area contributed by atoms with Gasteiger partial charge < -0.3 is 40.3 Å². The van der Waals surface area contributed by atoms with Crippen molar-refractivity contribution in [3.63, 3.8) is 0 Å². The standard InChI is InChI=1S/C23H30N7O9P/c1-12(31)27-15(8-13-4-6-14(32)7-5-13)22(34)28-17-16(9-38-40(35,36)37)39-23(19(17)33)30-11-26-18-20(29(2)3)24-10-25-21(18)30/h4-7,10-11,15-17,19,23,32-33H,8-9H2,1-3H3,(H,27,31)(H,28,34)(H2,35,36,37)/t15-,16+,17+,19+,23+/m0/s1. The number of anilines is 1. The lowest BCUT2D eigenvalue weighted by Crippen LogP contribution is -2.55. The molecule has 1 fully saturated rings. The molecule has 0 spiro atoms. The number of aliphatic hydroxyl groups excluding tert-OH is 1. The van der Waals surface area contributed by atoms with Crippen LogP contribution in [-0.2, 0) is 29.8 Å². The minimum atomic E-state index is -4.92. The van der Waals surface area contributed by atoms with Crippen LogP contribution in [0, 0.1) is 0 Å². The van der Waals surface area contributed by atoms with E-state index >= 15 is 0 Å². The third-order valence-electron chi connectivity index (χ3n) is 6.20. The van der Waals surface area contributed by atoms with Gasteiger partial charge in [-0.15, -0.1) is 0 Å². The zero-order valence-electron chi connectivity index (χ0n) is 21.8. The number of aromatic hydroxyl groups is 1. The van der Waals surface area contributed by atoms with E-state index in [0.717, 1.165) is 0 Å². The molecule has 1 saturated heterocycles. The summed E-state index contributed by atoms with van der Waals surface area (Å²) in [5, 5.41) is 26.0. The largest absolute Gasteiger partial charge is 0.508 e. The highest BCUT2D eigenvalue weighted by Crippen LogP contribution is 2.39. The fraction of sp³-hybridized carbons (Fsp3) is 0.435. The molecule has 2 aromatic heterocycles. The molecular formula is C23H30N7O9P. The maximum Gasteiger partial charge on any atom is 0.469 e. The first-order valence-electron chi connectivity index (χ1n) is 12.1. The molecule has 4 rings (SSSR count). The Labute approximate surface area is 228 Å². The normalized spacial score (nSPS) is 21.8. The number of hydrogen-bond donors (Lipinski definition) is 6. The van der Waals surface area contributed by atoms with Crippen molar-refractivity contribution in [3.8, 4) is 5.75 Å². The molecule has 0 bridgehead atoms. The average Bonchev–Trinajstić information content (AvgIpc) is 3.43. The van der Waals surface area contributed by atoms with Gasteiger partial charge in [0, 0.05) is 27.4 Å². The second-order valence-corrected chi connectivity index (χ2v) is 10.7. The van der Waals surface area contributed by atoms with Crippen molar-refractivity contribution in [2.75, 3.05) is 25.6 Å². The second kappa shape index (κ2) is 11.8. The number of amides is 2. The number of phenols is 1. The number of aliphatic hydroxyl groups is 1. The number of aromatic nitrogens is 4. The van der Waals surface area contributed by atoms with Crippen LogP contribution in [0.2, 0.25) is 0 Å². The number of fused-ring (bicyclic) bond motifs is 1. The highest BCUT2D eigenvalue weighted by Gasteiger charge is 2.47. The van der Waals surface area contributed by atoms with E-state index in [1.165, 1.54) is 36.3 Å². The van der Waals surface area contributed by atoms with Gasteiger partial charge in [-0.05, 0) is 17.7 Å². The van der Waals surface area contributed by atoms with E-state index in [1.807, 2.05) is 0 Å². The van der Waals surface area contributed by atoms with Gasteiger partial charge >= 0.3 is 7.82 Å². The number of ether oxygens (including phenoxy) is 1. The summed E-state index contributed by atoms with van der Waals surface area (Å²) in [7, 11) is -1.38. The predicted molar refractivity (Wildman–Crippen MR) is 139 cm³/mol. The second-order valence-electron chi connectivity index (χ2n) is 9.42. The van der Waals surface area contributed by atoms with E-state index in [-0.39, 0.29) is 12.2 Å². The number of carbonyl (C=O) groups excluding carboxylic acids is 2. The molecular weight excluding hydrogens is 549 g/mol. The topological polar surface area (TPSA) is 221 Å². The number of nitrogens with one attached hydrogen (secondary N) is 2. The SMILES string of the molecule is CC(=O)N[C@@H](Cc1ccc(O)cc1)C(=O)N[C@H]1[C@@H](O)[C@H](n2cnc3c(N(C)C)ncnc32)O[C@@H]1COP(=O)(O)O. The number of hydrogen-bond acceptors (Lipinski definition) is 11. The molecule has 0 aliphatic carbocycles. The van der Waals surface area contributed by atoms with Crippen LogP contribution >= 0.6 is 7.82 Å². The Balaban J connectivity index is 1.61. The molecule has 1 aliphatic heterocycles. The first kappa shape index (κ1) is 29.3. The molecule has 2 amide bonds. The number of phenolic OH excluding ortho intramolecular Hbond substituents is 1. The Bertz CT molecular complexity index is 1410. The van der Waals surface area contributed by atoms with Crippen LogP contribution in [0.4, 0.5) is 5.82 Å². The Morgan fingerprint density at radius 3 is 2.52 bits per heavy atom. The summed E-state index contributed by atoms with van der Waals surface area (Å²) in [5.41, 5.74) is 1.36. The molecule has 216 valence electrons. The summed E-state index contributed by atoms with van der Waals surface area (Å²) in [6.45, 7) is 0.571. The van der Waals surface area contributed by atoms with Gasteiger partial charge in [-0.1, -0.05) is 12.1 Å². The molecule has 1 aromatic carbocycles. The molecule has 6 N–H and O–H groups in total. The van der Waals surface area contributed by atoms with Gasteiger partial charge in [0.15, 0.2) is 23.2 Å². The molecule has 40 heavy (non-hydrogen) atoms. The zero-order chi connectivity index (χ0) is 29.2. The van der Waals surface area contributed by atoms with Crippen LogP contribution in [-0.4, -0.2) is 96.3 Å². The lowest BCUT2D eigenvalue weighted by molar-refractivity contribution is -0.129. The van der Waals surface area contributed by atoms with Crippen molar-refractivity contribution in [2.24, 2.45) is 0 Å². The number of rotatable bonds is 10. The summed E-state index contributed by atoms with van der Waals surface area (Å²) in [5.74, 6) is -0.632. The first-order valence-corrected chi connectivity index (χ1v) is 13.6. The van der Waals surface area contributed by atoms with Crippen molar-refractivity contribution < 1.29 is 43.4 Å². The molecule has 3 heterocycles. The summed E-state index contributed by atoms with van der Waals surface area (Å²) in [6, 6.07) is 3.76. The van der Waals surface area contributed by atoms with Gasteiger partial charge in [0.1, 0.15) is 30.3 Å². The van der Waals surface area contributed by atoms with E-state index < -0.39 is 56.8 Å². The van der Waals surface area contributed by atoms with Gasteiger partial charge in [0.25, 0.3) is 0 Å². The fourth-order valence-corrected chi connectivity index (χ4v) is 4.74. The van der Waals surface area contributed by atoms with E-state index in [2.05, 4.69) is 30.1 Å². The number of phosphoric acid groups is 1. The van der Waals surface area contributed by atoms with Gasteiger partial charge in [-0.3, -0.25) is 18.7 Å². The van der Waals surface area contributed by atoms with Crippen molar-refractivity contribution >= 4 is 36.6 Å². The van der Waals surface area contributed by atoms with Crippen molar-refractivity contribution in [1.82, 2.24) is 30.2 Å². The van der Waals surface area contributed by atoms with Crippen LogP contribution in [0.25, 0.3) is 11.2 Å². The van der Waals surface area contributed by atoms with Gasteiger partial charge in [-0.25, -0.2) is 19.5 Å². The van der Waals surface area contributed by atoms with Crippen LogP contribution in [0.15, 0.2) is 36.9 Å². The molecule has 0 radical (unpaired) electrons. The number of benzene rings is 1. The van der Waals surface area contributed by atoms with Crippen LogP contribution in [0.5, 0.6) is 5.75 Å². The Morgan fingerprint density at radius 2 is 1.90 bits per heavy atom. The summed E-state index contributed by atoms with van der Waals surface area (Å²) in [4.78, 5) is 58.2. The van der Waals surface area contributed by atoms with Gasteiger partial charge in [-0.2, -0.15) is 0 Å². The van der Waals surface area contributed by atoms with E-state index in [9.17, 15) is 34.2 Å². The molecule has 0 unspecified atom stereocenters. The molecule has 17 heteroatoms. The molecule has 5 atom stereocenters. The quantitative estimate of drug-likeness (QED) is 0.162. The Hall–Kier alpha value is -3.66. The van der Waals surface area contributed by atoms with Crippen molar-refractivity contribution in [2.45, 2.75) is 43.9 Å². The fourth-order valence-electron chi connectivity index (χ4n) is 4.40. The van der Waals surface area contributed by atoms with Crippen molar-refractivity contribution in [1.29, 1.82) is 0 Å². The van der Waals surface area contributed by atoms with E-state index in [4.69, 9.17) is 4.74 Å². The summed E-state index contributed by atoms with van der Waals surface area (Å²) in [6.07, 6.45) is -1.10. The van der Waals surface area contributed by atoms with Crippen LogP contribution in [0.3, 0.4) is 0 Å². The minimum Gasteiger partial charge on any atom is -0.508 e. The zero-order valence-corrected chi connectivity index (χ0v) is 22.7. The monoisotopic (exact) mass is 579 g/mol. The predicted octanol–water partition coefficient (Wildman–Crippen LogP) is -0.802. The number of nitrogens with zero attached hydrogens (tertiary/aromatic N) is 5. The third kappa shape index (κ3) is 6.72. The maximum atomic E-state index is 13.3. The maximum absolute atomic E-state index is 13.3. The van der Waals surface area contributed by atoms with Crippen LogP contribution < -0.4 is 15.5 Å². The lowest BCUT2D eigenvalue weighted by Gasteiger charge is -2.25. The highest BCUT2D eigenvalue weighted by atomic mass is 31.2. The smallest absolute Gasteiger partial charge is 0.469 e. The number of imidazole rings is 1. The van der Waals surface area contributed by atoms with Gasteiger partial charge in [0.2, 0.25) is 11.8 Å².